The quantitative estimate of drug-likeness (QED) is 0.702. The number of anilines is 1. The number of hydrogen-bond acceptors (Lipinski definition) is 4. The van der Waals surface area contributed by atoms with Crippen LogP contribution in [0.25, 0.3) is 11.3 Å². The Bertz CT molecular complexity index is 1170. The lowest BCUT2D eigenvalue weighted by Crippen LogP contribution is -2.47. The molecule has 3 aromatic rings. The van der Waals surface area contributed by atoms with Crippen LogP contribution in [-0.2, 0) is 11.2 Å². The van der Waals surface area contributed by atoms with E-state index in [0.29, 0.717) is 11.3 Å². The fourth-order valence-corrected chi connectivity index (χ4v) is 3.75. The number of rotatable bonds is 3. The molecular weight excluding hydrogens is 402 g/mol. The molecule has 1 N–H and O–H groups in total. The van der Waals surface area contributed by atoms with Gasteiger partial charge in [-0.2, -0.15) is 0 Å². The van der Waals surface area contributed by atoms with E-state index in [9.17, 15) is 18.4 Å². The average molecular weight is 422 g/mol. The Balaban J connectivity index is 1.58. The van der Waals surface area contributed by atoms with E-state index in [-0.39, 0.29) is 24.4 Å². The molecule has 2 heterocycles. The fraction of sp³-hybridized carbons (Fsp3) is 0.217. The predicted octanol–water partition coefficient (Wildman–Crippen LogP) is 3.44. The lowest BCUT2D eigenvalue weighted by Gasteiger charge is -2.22. The molecule has 0 saturated carbocycles. The van der Waals surface area contributed by atoms with E-state index < -0.39 is 29.5 Å². The fourth-order valence-electron chi connectivity index (χ4n) is 3.75. The minimum Gasteiger partial charge on any atom is -0.337 e. The van der Waals surface area contributed by atoms with Gasteiger partial charge in [0.15, 0.2) is 0 Å². The normalized spacial score (nSPS) is 15.9. The zero-order chi connectivity index (χ0) is 22.1. The van der Waals surface area contributed by atoms with Crippen molar-refractivity contribution in [3.05, 3.63) is 77.2 Å². The van der Waals surface area contributed by atoms with E-state index in [1.54, 1.807) is 6.20 Å². The standard InChI is InChI=1S/C23H20F2N4O2/c1-13-12-26-21(28-19(13)14-6-4-3-5-7-14)22(30)27-18-9-8-15-10-16(24)11-17(25)20(15)29(2)23(18)31/h3-7,10-12,18H,8-9H2,1-2H3,(H,27,30). The number of hydrogen-bond donors (Lipinski definition) is 1. The van der Waals surface area contributed by atoms with Crippen LogP contribution in [0.1, 0.15) is 28.2 Å². The molecule has 0 aliphatic carbocycles. The summed E-state index contributed by atoms with van der Waals surface area (Å²) in [5.41, 5.74) is 2.68. The minimum absolute atomic E-state index is 0.0288. The second-order valence-electron chi connectivity index (χ2n) is 7.45. The molecule has 1 aliphatic heterocycles. The Kier molecular flexibility index (Phi) is 5.46. The van der Waals surface area contributed by atoms with Crippen LogP contribution in [0.15, 0.2) is 48.7 Å². The van der Waals surface area contributed by atoms with Gasteiger partial charge in [0.2, 0.25) is 11.7 Å². The monoisotopic (exact) mass is 422 g/mol. The van der Waals surface area contributed by atoms with Gasteiger partial charge in [0.05, 0.1) is 11.4 Å². The molecule has 1 aliphatic rings. The number of amides is 2. The predicted molar refractivity (Wildman–Crippen MR) is 112 cm³/mol. The van der Waals surface area contributed by atoms with Crippen molar-refractivity contribution in [2.45, 2.75) is 25.8 Å². The lowest BCUT2D eigenvalue weighted by atomic mass is 10.1. The maximum Gasteiger partial charge on any atom is 0.289 e. The summed E-state index contributed by atoms with van der Waals surface area (Å²) in [6.45, 7) is 1.85. The molecule has 0 radical (unpaired) electrons. The molecule has 8 heteroatoms. The number of nitrogens with zero attached hydrogens (tertiary/aromatic N) is 3. The lowest BCUT2D eigenvalue weighted by molar-refractivity contribution is -0.120. The summed E-state index contributed by atoms with van der Waals surface area (Å²) in [5, 5.41) is 2.65. The molecule has 4 rings (SSSR count). The number of aryl methyl sites for hydroxylation is 2. The second kappa shape index (κ2) is 8.22. The summed E-state index contributed by atoms with van der Waals surface area (Å²) in [6, 6.07) is 10.4. The van der Waals surface area contributed by atoms with Gasteiger partial charge in [0.25, 0.3) is 5.91 Å². The van der Waals surface area contributed by atoms with Crippen molar-refractivity contribution < 1.29 is 18.4 Å². The first kappa shape index (κ1) is 20.6. The van der Waals surface area contributed by atoms with Crippen LogP contribution in [0.2, 0.25) is 0 Å². The molecule has 1 aromatic heterocycles. The average Bonchev–Trinajstić information content (AvgIpc) is 2.86. The Labute approximate surface area is 177 Å². The van der Waals surface area contributed by atoms with Crippen LogP contribution < -0.4 is 10.2 Å². The number of carbonyl (C=O) groups is 2. The van der Waals surface area contributed by atoms with Gasteiger partial charge in [-0.3, -0.25) is 9.59 Å². The van der Waals surface area contributed by atoms with Crippen molar-refractivity contribution in [1.29, 1.82) is 0 Å². The summed E-state index contributed by atoms with van der Waals surface area (Å²) in [7, 11) is 1.41. The van der Waals surface area contributed by atoms with Crippen molar-refractivity contribution in [2.75, 3.05) is 11.9 Å². The molecule has 0 saturated heterocycles. The number of aromatic nitrogens is 2. The van der Waals surface area contributed by atoms with Crippen LogP contribution in [0, 0.1) is 18.6 Å². The molecule has 2 aromatic carbocycles. The first-order valence-corrected chi connectivity index (χ1v) is 9.80. The summed E-state index contributed by atoms with van der Waals surface area (Å²) < 4.78 is 27.9. The third-order valence-corrected chi connectivity index (χ3v) is 5.30. The molecule has 2 amide bonds. The van der Waals surface area contributed by atoms with E-state index in [0.717, 1.165) is 22.1 Å². The van der Waals surface area contributed by atoms with Gasteiger partial charge in [-0.1, -0.05) is 30.3 Å². The highest BCUT2D eigenvalue weighted by Crippen LogP contribution is 2.30. The number of nitrogens with one attached hydrogen (secondary N) is 1. The Morgan fingerprint density at radius 1 is 1.19 bits per heavy atom. The molecule has 158 valence electrons. The highest BCUT2D eigenvalue weighted by molar-refractivity contribution is 6.02. The maximum absolute atomic E-state index is 14.3. The zero-order valence-electron chi connectivity index (χ0n) is 17.0. The summed E-state index contributed by atoms with van der Waals surface area (Å²) in [6.07, 6.45) is 1.98. The van der Waals surface area contributed by atoms with E-state index in [1.807, 2.05) is 37.3 Å². The number of fused-ring (bicyclic) bond motifs is 1. The summed E-state index contributed by atoms with van der Waals surface area (Å²) in [5.74, 6) is -2.69. The molecule has 0 spiro atoms. The molecule has 6 nitrogen and oxygen atoms in total. The van der Waals surface area contributed by atoms with Gasteiger partial charge < -0.3 is 10.2 Å². The van der Waals surface area contributed by atoms with Crippen LogP contribution in [-0.4, -0.2) is 34.9 Å². The van der Waals surface area contributed by atoms with Gasteiger partial charge in [-0.05, 0) is 37.0 Å². The zero-order valence-corrected chi connectivity index (χ0v) is 17.0. The third kappa shape index (κ3) is 4.01. The van der Waals surface area contributed by atoms with Crippen molar-refractivity contribution in [2.24, 2.45) is 0 Å². The van der Waals surface area contributed by atoms with Gasteiger partial charge in [0.1, 0.15) is 17.7 Å². The number of halogens is 2. The molecule has 0 fully saturated rings. The van der Waals surface area contributed by atoms with Crippen LogP contribution in [0.5, 0.6) is 0 Å². The van der Waals surface area contributed by atoms with Crippen LogP contribution in [0.4, 0.5) is 14.5 Å². The third-order valence-electron chi connectivity index (χ3n) is 5.30. The second-order valence-corrected chi connectivity index (χ2v) is 7.45. The number of carbonyl (C=O) groups excluding carboxylic acids is 2. The summed E-state index contributed by atoms with van der Waals surface area (Å²) >= 11 is 0. The maximum atomic E-state index is 14.3. The van der Waals surface area contributed by atoms with Gasteiger partial charge in [-0.25, -0.2) is 18.7 Å². The van der Waals surface area contributed by atoms with Gasteiger partial charge in [0, 0.05) is 24.9 Å². The highest BCUT2D eigenvalue weighted by Gasteiger charge is 2.32. The van der Waals surface area contributed by atoms with Gasteiger partial charge >= 0.3 is 0 Å². The topological polar surface area (TPSA) is 75.2 Å². The molecule has 31 heavy (non-hydrogen) atoms. The Hall–Kier alpha value is -3.68. The Morgan fingerprint density at radius 2 is 1.94 bits per heavy atom. The van der Waals surface area contributed by atoms with E-state index in [4.69, 9.17) is 0 Å². The first-order chi connectivity index (χ1) is 14.8. The number of likely N-dealkylation sites (N-methyl/N-ethyl adjacent to an activating group) is 1. The van der Waals surface area contributed by atoms with E-state index >= 15 is 0 Å². The minimum atomic E-state index is -0.919. The van der Waals surface area contributed by atoms with Crippen LogP contribution >= 0.6 is 0 Å². The largest absolute Gasteiger partial charge is 0.337 e. The first-order valence-electron chi connectivity index (χ1n) is 9.80. The van der Waals surface area contributed by atoms with Crippen LogP contribution in [0.3, 0.4) is 0 Å². The highest BCUT2D eigenvalue weighted by atomic mass is 19.1. The number of benzene rings is 2. The Morgan fingerprint density at radius 3 is 2.68 bits per heavy atom. The van der Waals surface area contributed by atoms with Gasteiger partial charge in [-0.15, -0.1) is 0 Å². The van der Waals surface area contributed by atoms with E-state index in [1.165, 1.54) is 13.1 Å². The molecule has 1 atom stereocenters. The SMILES string of the molecule is Cc1cnc(C(=O)NC2CCc3cc(F)cc(F)c3N(C)C2=O)nc1-c1ccccc1. The molecular formula is C23H20F2N4O2. The summed E-state index contributed by atoms with van der Waals surface area (Å²) in [4.78, 5) is 35.3. The van der Waals surface area contributed by atoms with Crippen molar-refractivity contribution in [3.63, 3.8) is 0 Å². The van der Waals surface area contributed by atoms with Crippen molar-refractivity contribution in [1.82, 2.24) is 15.3 Å². The molecule has 0 bridgehead atoms. The smallest absolute Gasteiger partial charge is 0.289 e. The van der Waals surface area contributed by atoms with Crippen molar-refractivity contribution >= 4 is 17.5 Å². The molecule has 1 unspecified atom stereocenters. The van der Waals surface area contributed by atoms with E-state index in [2.05, 4.69) is 15.3 Å². The van der Waals surface area contributed by atoms with Crippen molar-refractivity contribution in [3.8, 4) is 11.3 Å².